The van der Waals surface area contributed by atoms with Crippen molar-refractivity contribution in [2.45, 2.75) is 18.6 Å². The van der Waals surface area contributed by atoms with Crippen molar-refractivity contribution in [2.75, 3.05) is 5.01 Å². The molecule has 0 aromatic heterocycles. The van der Waals surface area contributed by atoms with E-state index in [4.69, 9.17) is 23.2 Å². The second kappa shape index (κ2) is 7.29. The summed E-state index contributed by atoms with van der Waals surface area (Å²) in [5, 5.41) is 5.84. The van der Waals surface area contributed by atoms with E-state index in [0.717, 1.165) is 12.1 Å². The number of hydrogen-bond donors (Lipinski definition) is 0. The lowest BCUT2D eigenvalue weighted by atomic mass is 10.0. The van der Waals surface area contributed by atoms with Gasteiger partial charge in [0.1, 0.15) is 10.3 Å². The first-order valence-corrected chi connectivity index (χ1v) is 8.32. The molecule has 0 amide bonds. The third kappa shape index (κ3) is 4.19. The predicted octanol–water partition coefficient (Wildman–Crippen LogP) is 6.15. The summed E-state index contributed by atoms with van der Waals surface area (Å²) in [5.74, 6) is -0.387. The molecule has 0 spiro atoms. The van der Waals surface area contributed by atoms with Crippen LogP contribution < -0.4 is 5.01 Å². The van der Waals surface area contributed by atoms with Gasteiger partial charge in [-0.3, -0.25) is 5.01 Å². The molecular weight excluding hydrogens is 391 g/mol. The average molecular weight is 403 g/mol. The molecule has 0 bridgehead atoms. The molecule has 0 fully saturated rings. The van der Waals surface area contributed by atoms with Gasteiger partial charge in [-0.15, -0.1) is 0 Å². The minimum atomic E-state index is -4.46. The molecule has 0 radical (unpaired) electrons. The van der Waals surface area contributed by atoms with Crippen LogP contribution in [0.15, 0.2) is 64.2 Å². The molecular formula is C18H12Cl2F4N2. The number of benzene rings is 2. The first-order chi connectivity index (χ1) is 12.2. The van der Waals surface area contributed by atoms with Crippen molar-refractivity contribution in [3.05, 3.63) is 76.0 Å². The van der Waals surface area contributed by atoms with Crippen molar-refractivity contribution in [1.29, 1.82) is 0 Å². The maximum absolute atomic E-state index is 13.1. The van der Waals surface area contributed by atoms with Gasteiger partial charge in [0, 0.05) is 6.42 Å². The Bertz CT molecular complexity index is 856. The zero-order chi connectivity index (χ0) is 18.9. The molecule has 2 aromatic rings. The highest BCUT2D eigenvalue weighted by molar-refractivity contribution is 6.55. The Labute approximate surface area is 157 Å². The summed E-state index contributed by atoms with van der Waals surface area (Å²) in [4.78, 5) is 0. The highest BCUT2D eigenvalue weighted by Crippen LogP contribution is 2.34. The number of anilines is 1. The molecule has 1 aliphatic heterocycles. The number of alkyl halides is 3. The van der Waals surface area contributed by atoms with Crippen molar-refractivity contribution in [1.82, 2.24) is 0 Å². The van der Waals surface area contributed by atoms with Crippen LogP contribution in [0.2, 0.25) is 0 Å². The normalized spacial score (nSPS) is 17.2. The number of nitrogens with zero attached hydrogens (tertiary/aromatic N) is 2. The summed E-state index contributed by atoms with van der Waals surface area (Å²) >= 11 is 11.5. The first-order valence-electron chi connectivity index (χ1n) is 7.57. The minimum absolute atomic E-state index is 0.0115. The number of hydrogen-bond acceptors (Lipinski definition) is 2. The standard InChI is InChI=1S/C18H12Cl2F4N2/c19-17(20)10-15-9-16(11-4-6-13(21)7-5-11)25-26(15)14-3-1-2-12(8-14)18(22,23)24/h1-8,10,15H,9H2. The smallest absolute Gasteiger partial charge is 0.258 e. The summed E-state index contributed by atoms with van der Waals surface area (Å²) in [6, 6.07) is 10.1. The molecule has 0 aliphatic carbocycles. The Kier molecular flexibility index (Phi) is 5.25. The van der Waals surface area contributed by atoms with Gasteiger partial charge < -0.3 is 0 Å². The molecule has 26 heavy (non-hydrogen) atoms. The van der Waals surface area contributed by atoms with Crippen LogP contribution in [0.5, 0.6) is 0 Å². The van der Waals surface area contributed by atoms with Gasteiger partial charge in [-0.05, 0) is 42.0 Å². The second-order valence-corrected chi connectivity index (χ2v) is 6.68. The molecule has 1 unspecified atom stereocenters. The third-order valence-corrected chi connectivity index (χ3v) is 4.13. The van der Waals surface area contributed by atoms with E-state index in [2.05, 4.69) is 5.10 Å². The predicted molar refractivity (Wildman–Crippen MR) is 95.1 cm³/mol. The van der Waals surface area contributed by atoms with Gasteiger partial charge in [-0.25, -0.2) is 4.39 Å². The van der Waals surface area contributed by atoms with E-state index < -0.39 is 17.8 Å². The van der Waals surface area contributed by atoms with E-state index in [-0.39, 0.29) is 16.0 Å². The van der Waals surface area contributed by atoms with Gasteiger partial charge in [0.15, 0.2) is 0 Å². The topological polar surface area (TPSA) is 15.6 Å². The Hall–Kier alpha value is -2.05. The molecule has 2 aromatic carbocycles. The molecule has 8 heteroatoms. The lowest BCUT2D eigenvalue weighted by Gasteiger charge is -2.22. The molecule has 0 saturated heterocycles. The molecule has 3 rings (SSSR count). The fourth-order valence-corrected chi connectivity index (χ4v) is 2.99. The highest BCUT2D eigenvalue weighted by atomic mass is 35.5. The molecule has 0 N–H and O–H groups in total. The largest absolute Gasteiger partial charge is 0.416 e. The second-order valence-electron chi connectivity index (χ2n) is 5.67. The van der Waals surface area contributed by atoms with Gasteiger partial charge >= 0.3 is 6.18 Å². The average Bonchev–Trinajstić information content (AvgIpc) is 2.98. The van der Waals surface area contributed by atoms with E-state index in [9.17, 15) is 17.6 Å². The molecule has 0 saturated carbocycles. The van der Waals surface area contributed by atoms with Gasteiger partial charge in [-0.1, -0.05) is 41.4 Å². The number of hydrazone groups is 1. The zero-order valence-electron chi connectivity index (χ0n) is 13.1. The first kappa shape index (κ1) is 18.7. The van der Waals surface area contributed by atoms with Crippen molar-refractivity contribution in [3.63, 3.8) is 0 Å². The summed E-state index contributed by atoms with van der Waals surface area (Å²) < 4.78 is 52.1. The van der Waals surface area contributed by atoms with E-state index in [1.54, 1.807) is 12.1 Å². The van der Waals surface area contributed by atoms with Crippen molar-refractivity contribution >= 4 is 34.6 Å². The van der Waals surface area contributed by atoms with E-state index in [1.165, 1.54) is 35.4 Å². The van der Waals surface area contributed by atoms with Crippen LogP contribution in [0.25, 0.3) is 0 Å². The Morgan fingerprint density at radius 3 is 2.42 bits per heavy atom. The third-order valence-electron chi connectivity index (χ3n) is 3.88. The molecule has 1 heterocycles. The van der Waals surface area contributed by atoms with E-state index >= 15 is 0 Å². The van der Waals surface area contributed by atoms with E-state index in [0.29, 0.717) is 17.7 Å². The maximum atomic E-state index is 13.1. The van der Waals surface area contributed by atoms with Crippen LogP contribution in [0.4, 0.5) is 23.2 Å². The lowest BCUT2D eigenvalue weighted by Crippen LogP contribution is -2.24. The van der Waals surface area contributed by atoms with Gasteiger partial charge in [0.05, 0.1) is 23.0 Å². The highest BCUT2D eigenvalue weighted by Gasteiger charge is 2.33. The van der Waals surface area contributed by atoms with Crippen LogP contribution in [0.3, 0.4) is 0 Å². The van der Waals surface area contributed by atoms with Crippen molar-refractivity contribution < 1.29 is 17.6 Å². The SMILES string of the molecule is Fc1ccc(C2=NN(c3cccc(C(F)(F)F)c3)C(C=C(Cl)Cl)C2)cc1. The van der Waals surface area contributed by atoms with Crippen LogP contribution in [0.1, 0.15) is 17.5 Å². The summed E-state index contributed by atoms with van der Waals surface area (Å²) in [7, 11) is 0. The van der Waals surface area contributed by atoms with E-state index in [1.807, 2.05) is 0 Å². The van der Waals surface area contributed by atoms with Crippen LogP contribution in [-0.2, 0) is 6.18 Å². The summed E-state index contributed by atoms with van der Waals surface area (Å²) in [6.07, 6.45) is -2.59. The number of halogens is 6. The molecule has 1 atom stereocenters. The zero-order valence-corrected chi connectivity index (χ0v) is 14.7. The van der Waals surface area contributed by atoms with Crippen LogP contribution in [-0.4, -0.2) is 11.8 Å². The minimum Gasteiger partial charge on any atom is -0.258 e. The Balaban J connectivity index is 2.01. The van der Waals surface area contributed by atoms with Gasteiger partial charge in [0.25, 0.3) is 0 Å². The Morgan fingerprint density at radius 2 is 1.81 bits per heavy atom. The fourth-order valence-electron chi connectivity index (χ4n) is 2.70. The van der Waals surface area contributed by atoms with Crippen LogP contribution in [0, 0.1) is 5.82 Å². The lowest BCUT2D eigenvalue weighted by molar-refractivity contribution is -0.137. The maximum Gasteiger partial charge on any atom is 0.416 e. The molecule has 136 valence electrons. The molecule has 1 aliphatic rings. The number of rotatable bonds is 3. The molecule has 2 nitrogen and oxygen atoms in total. The van der Waals surface area contributed by atoms with Crippen molar-refractivity contribution in [3.8, 4) is 0 Å². The Morgan fingerprint density at radius 1 is 1.12 bits per heavy atom. The van der Waals surface area contributed by atoms with Crippen molar-refractivity contribution in [2.24, 2.45) is 5.10 Å². The summed E-state index contributed by atoms with van der Waals surface area (Å²) in [6.45, 7) is 0. The quantitative estimate of drug-likeness (QED) is 0.562. The summed E-state index contributed by atoms with van der Waals surface area (Å²) in [5.41, 5.74) is 0.746. The van der Waals surface area contributed by atoms with Gasteiger partial charge in [0.2, 0.25) is 0 Å². The van der Waals surface area contributed by atoms with Gasteiger partial charge in [-0.2, -0.15) is 18.3 Å². The fraction of sp³-hybridized carbons (Fsp3) is 0.167. The monoisotopic (exact) mass is 402 g/mol. The van der Waals surface area contributed by atoms with Crippen LogP contribution >= 0.6 is 23.2 Å².